The number of aliphatic carboxylic acids is 1. The monoisotopic (exact) mass is 233 g/mol. The Labute approximate surface area is 98.9 Å². The van der Waals surface area contributed by atoms with Crippen LogP contribution in [0.5, 0.6) is 0 Å². The predicted octanol–water partition coefficient (Wildman–Crippen LogP) is 1.85. The molecule has 0 bridgehead atoms. The van der Waals surface area contributed by atoms with E-state index in [1.807, 2.05) is 20.0 Å². The molecule has 0 atom stereocenters. The molecule has 17 heavy (non-hydrogen) atoms. The van der Waals surface area contributed by atoms with Gasteiger partial charge in [0.15, 0.2) is 0 Å². The molecule has 90 valence electrons. The fourth-order valence-corrected chi connectivity index (χ4v) is 1.94. The molecule has 0 aliphatic rings. The second-order valence-electron chi connectivity index (χ2n) is 4.01. The van der Waals surface area contributed by atoms with E-state index in [0.717, 1.165) is 34.5 Å². The smallest absolute Gasteiger partial charge is 0.303 e. The van der Waals surface area contributed by atoms with E-state index in [9.17, 15) is 4.79 Å². The van der Waals surface area contributed by atoms with Crippen LogP contribution >= 0.6 is 0 Å². The largest absolute Gasteiger partial charge is 0.481 e. The van der Waals surface area contributed by atoms with E-state index in [-0.39, 0.29) is 6.42 Å². The Morgan fingerprint density at radius 3 is 2.88 bits per heavy atom. The zero-order valence-corrected chi connectivity index (χ0v) is 9.95. The Balaban J connectivity index is 2.42. The van der Waals surface area contributed by atoms with Gasteiger partial charge in [-0.1, -0.05) is 6.92 Å². The van der Waals surface area contributed by atoms with Crippen molar-refractivity contribution < 1.29 is 9.90 Å². The lowest BCUT2D eigenvalue weighted by Gasteiger charge is -2.02. The number of nitrogens with one attached hydrogen (secondary N) is 1. The minimum absolute atomic E-state index is 0.127. The molecular weight excluding hydrogens is 218 g/mol. The van der Waals surface area contributed by atoms with E-state index in [0.29, 0.717) is 6.42 Å². The van der Waals surface area contributed by atoms with Crippen molar-refractivity contribution in [2.45, 2.75) is 33.1 Å². The van der Waals surface area contributed by atoms with Gasteiger partial charge in [-0.2, -0.15) is 0 Å². The van der Waals surface area contributed by atoms with E-state index in [1.165, 1.54) is 0 Å². The molecule has 0 aliphatic carbocycles. The van der Waals surface area contributed by atoms with E-state index in [2.05, 4.69) is 15.0 Å². The molecule has 0 unspecified atom stereocenters. The number of nitrogens with zero attached hydrogens (tertiary/aromatic N) is 2. The Bertz CT molecular complexity index is 560. The van der Waals surface area contributed by atoms with Crippen LogP contribution in [0.1, 0.15) is 30.4 Å². The average Bonchev–Trinajstić information content (AvgIpc) is 2.69. The standard InChI is InChI=1S/C12H15N3O2/c1-3-9-14-7(2)11-8(4-5-10(16)17)6-13-12(11)15-9/h6H,3-5H2,1-2H3,(H,16,17)(H,13,14,15). The third-order valence-electron chi connectivity index (χ3n) is 2.76. The third kappa shape index (κ3) is 2.27. The van der Waals surface area contributed by atoms with Crippen molar-refractivity contribution in [3.8, 4) is 0 Å². The first-order chi connectivity index (χ1) is 8.11. The molecule has 2 N–H and O–H groups in total. The zero-order valence-electron chi connectivity index (χ0n) is 9.95. The molecule has 0 aliphatic heterocycles. The Hall–Kier alpha value is -1.91. The molecule has 0 saturated carbocycles. The third-order valence-corrected chi connectivity index (χ3v) is 2.76. The van der Waals surface area contributed by atoms with Crippen LogP contribution in [0.25, 0.3) is 11.0 Å². The molecule has 2 rings (SSSR count). The van der Waals surface area contributed by atoms with Crippen LogP contribution in [0, 0.1) is 6.92 Å². The second-order valence-corrected chi connectivity index (χ2v) is 4.01. The van der Waals surface area contributed by atoms with Gasteiger partial charge in [0.25, 0.3) is 0 Å². The number of carbonyl (C=O) groups is 1. The van der Waals surface area contributed by atoms with Crippen molar-refractivity contribution in [3.63, 3.8) is 0 Å². The summed E-state index contributed by atoms with van der Waals surface area (Å²) in [7, 11) is 0. The van der Waals surface area contributed by atoms with Crippen molar-refractivity contribution in [3.05, 3.63) is 23.3 Å². The first kappa shape index (κ1) is 11.6. The topological polar surface area (TPSA) is 78.9 Å². The molecule has 2 aromatic rings. The highest BCUT2D eigenvalue weighted by Gasteiger charge is 2.11. The van der Waals surface area contributed by atoms with E-state index in [4.69, 9.17) is 5.11 Å². The molecule has 5 heteroatoms. The van der Waals surface area contributed by atoms with Crippen molar-refractivity contribution in [1.82, 2.24) is 15.0 Å². The lowest BCUT2D eigenvalue weighted by Crippen LogP contribution is -1.99. The molecule has 5 nitrogen and oxygen atoms in total. The van der Waals surface area contributed by atoms with Gasteiger partial charge in [0.1, 0.15) is 11.5 Å². The van der Waals surface area contributed by atoms with E-state index >= 15 is 0 Å². The quantitative estimate of drug-likeness (QED) is 0.844. The van der Waals surface area contributed by atoms with Gasteiger partial charge in [0.05, 0.1) is 5.69 Å². The van der Waals surface area contributed by atoms with Crippen molar-refractivity contribution >= 4 is 17.0 Å². The summed E-state index contributed by atoms with van der Waals surface area (Å²) >= 11 is 0. The minimum atomic E-state index is -0.789. The molecule has 0 aromatic carbocycles. The Morgan fingerprint density at radius 2 is 2.24 bits per heavy atom. The van der Waals surface area contributed by atoms with Crippen LogP contribution < -0.4 is 0 Å². The molecule has 0 spiro atoms. The van der Waals surface area contributed by atoms with Gasteiger partial charge < -0.3 is 10.1 Å². The second kappa shape index (κ2) is 4.53. The summed E-state index contributed by atoms with van der Waals surface area (Å²) in [6.07, 6.45) is 3.25. The summed E-state index contributed by atoms with van der Waals surface area (Å²) in [6.45, 7) is 3.94. The van der Waals surface area contributed by atoms with Gasteiger partial charge in [-0.15, -0.1) is 0 Å². The summed E-state index contributed by atoms with van der Waals surface area (Å²) in [5.41, 5.74) is 2.69. The highest BCUT2D eigenvalue weighted by Crippen LogP contribution is 2.21. The normalized spacial score (nSPS) is 10.9. The molecule has 0 radical (unpaired) electrons. The predicted molar refractivity (Wildman–Crippen MR) is 64.0 cm³/mol. The van der Waals surface area contributed by atoms with Crippen LogP contribution in [0.3, 0.4) is 0 Å². The van der Waals surface area contributed by atoms with Crippen LogP contribution in [0.4, 0.5) is 0 Å². The van der Waals surface area contributed by atoms with Gasteiger partial charge in [-0.3, -0.25) is 4.79 Å². The first-order valence-electron chi connectivity index (χ1n) is 5.67. The van der Waals surface area contributed by atoms with E-state index < -0.39 is 5.97 Å². The van der Waals surface area contributed by atoms with Gasteiger partial charge >= 0.3 is 5.97 Å². The SMILES string of the molecule is CCc1nc(C)c2c(CCC(=O)O)c[nH]c2n1. The van der Waals surface area contributed by atoms with Crippen LogP contribution in [0.15, 0.2) is 6.20 Å². The number of carboxylic acids is 1. The van der Waals surface area contributed by atoms with E-state index in [1.54, 1.807) is 0 Å². The van der Waals surface area contributed by atoms with Crippen molar-refractivity contribution in [2.75, 3.05) is 0 Å². The highest BCUT2D eigenvalue weighted by molar-refractivity contribution is 5.82. The van der Waals surface area contributed by atoms with Crippen molar-refractivity contribution in [2.24, 2.45) is 0 Å². The summed E-state index contributed by atoms with van der Waals surface area (Å²) in [6, 6.07) is 0. The van der Waals surface area contributed by atoms with Gasteiger partial charge in [-0.05, 0) is 18.9 Å². The minimum Gasteiger partial charge on any atom is -0.481 e. The fourth-order valence-electron chi connectivity index (χ4n) is 1.94. The lowest BCUT2D eigenvalue weighted by atomic mass is 10.1. The number of aromatic nitrogens is 3. The molecule has 0 saturated heterocycles. The Kier molecular flexibility index (Phi) is 3.08. The highest BCUT2D eigenvalue weighted by atomic mass is 16.4. The van der Waals surface area contributed by atoms with Crippen molar-refractivity contribution in [1.29, 1.82) is 0 Å². The molecule has 0 fully saturated rings. The van der Waals surface area contributed by atoms with Crippen LogP contribution in [-0.4, -0.2) is 26.0 Å². The maximum Gasteiger partial charge on any atom is 0.303 e. The number of fused-ring (bicyclic) bond motifs is 1. The molecule has 2 heterocycles. The average molecular weight is 233 g/mol. The lowest BCUT2D eigenvalue weighted by molar-refractivity contribution is -0.136. The number of aromatic amines is 1. The number of rotatable bonds is 4. The van der Waals surface area contributed by atoms with Gasteiger partial charge in [-0.25, -0.2) is 9.97 Å². The number of hydrogen-bond acceptors (Lipinski definition) is 3. The summed E-state index contributed by atoms with van der Waals surface area (Å²) in [4.78, 5) is 22.4. The fraction of sp³-hybridized carbons (Fsp3) is 0.417. The molecule has 2 aromatic heterocycles. The summed E-state index contributed by atoms with van der Waals surface area (Å²) in [5, 5.41) is 9.66. The van der Waals surface area contributed by atoms with Gasteiger partial charge in [0.2, 0.25) is 0 Å². The maximum absolute atomic E-state index is 10.6. The number of carboxylic acid groups (broad SMARTS) is 1. The van der Waals surface area contributed by atoms with Crippen LogP contribution in [-0.2, 0) is 17.6 Å². The van der Waals surface area contributed by atoms with Gasteiger partial charge in [0, 0.05) is 24.4 Å². The number of H-pyrrole nitrogens is 1. The summed E-state index contributed by atoms with van der Waals surface area (Å²) < 4.78 is 0. The molecule has 0 amide bonds. The summed E-state index contributed by atoms with van der Waals surface area (Å²) in [5.74, 6) is 0.0183. The number of hydrogen-bond donors (Lipinski definition) is 2. The Morgan fingerprint density at radius 1 is 1.47 bits per heavy atom. The first-order valence-corrected chi connectivity index (χ1v) is 5.67. The zero-order chi connectivity index (χ0) is 12.4. The van der Waals surface area contributed by atoms with Crippen LogP contribution in [0.2, 0.25) is 0 Å². The number of aryl methyl sites for hydroxylation is 3. The molecular formula is C12H15N3O2. The maximum atomic E-state index is 10.6.